The third-order valence-corrected chi connectivity index (χ3v) is 3.84. The van der Waals surface area contributed by atoms with Crippen LogP contribution in [0.5, 0.6) is 0 Å². The van der Waals surface area contributed by atoms with E-state index in [1.807, 2.05) is 0 Å². The number of nitrogens with zero attached hydrogens (tertiary/aromatic N) is 1. The highest BCUT2D eigenvalue weighted by Crippen LogP contribution is 2.25. The summed E-state index contributed by atoms with van der Waals surface area (Å²) >= 11 is 3.10. The van der Waals surface area contributed by atoms with E-state index in [1.165, 1.54) is 0 Å². The van der Waals surface area contributed by atoms with Crippen LogP contribution in [0.2, 0.25) is 0 Å². The summed E-state index contributed by atoms with van der Waals surface area (Å²) in [6, 6.07) is -0.554. The summed E-state index contributed by atoms with van der Waals surface area (Å²) in [7, 11) is 0. The lowest BCUT2D eigenvalue weighted by Crippen LogP contribution is -2.50. The zero-order valence-electron chi connectivity index (χ0n) is 10.4. The van der Waals surface area contributed by atoms with Crippen LogP contribution in [0.25, 0.3) is 0 Å². The van der Waals surface area contributed by atoms with E-state index in [1.54, 1.807) is 0 Å². The number of amides is 1. The maximum absolute atomic E-state index is 13.6. The molecule has 1 fully saturated rings. The Bertz CT molecular complexity index is 554. The molecule has 0 aromatic heterocycles. The SMILES string of the molecule is O=C(c1c(F)c(F)c(F)c(F)c1F)N1CCOCC1CBr. The number of carbonyl (C=O) groups is 1. The van der Waals surface area contributed by atoms with E-state index in [0.29, 0.717) is 0 Å². The number of rotatable bonds is 2. The van der Waals surface area contributed by atoms with Gasteiger partial charge in [-0.05, 0) is 0 Å². The zero-order valence-corrected chi connectivity index (χ0v) is 12.0. The predicted octanol–water partition coefficient (Wildman–Crippen LogP) is 2.62. The molecule has 0 bridgehead atoms. The highest BCUT2D eigenvalue weighted by molar-refractivity contribution is 9.09. The summed E-state index contributed by atoms with van der Waals surface area (Å²) in [5.41, 5.74) is -1.45. The molecule has 0 aliphatic carbocycles. The topological polar surface area (TPSA) is 29.5 Å². The highest BCUT2D eigenvalue weighted by atomic mass is 79.9. The third kappa shape index (κ3) is 2.76. The van der Waals surface area contributed by atoms with E-state index in [9.17, 15) is 26.7 Å². The van der Waals surface area contributed by atoms with Gasteiger partial charge in [-0.2, -0.15) is 0 Å². The molecule has 1 atom stereocenters. The van der Waals surface area contributed by atoms with Crippen molar-refractivity contribution in [2.45, 2.75) is 6.04 Å². The Morgan fingerprint density at radius 3 is 2.14 bits per heavy atom. The van der Waals surface area contributed by atoms with Crippen molar-refractivity contribution in [1.29, 1.82) is 0 Å². The largest absolute Gasteiger partial charge is 0.377 e. The fraction of sp³-hybridized carbons (Fsp3) is 0.417. The van der Waals surface area contributed by atoms with Gasteiger partial charge in [-0.3, -0.25) is 4.79 Å². The summed E-state index contributed by atoms with van der Waals surface area (Å²) in [5, 5.41) is 0.244. The first-order valence-corrected chi connectivity index (χ1v) is 6.98. The molecule has 1 aliphatic heterocycles. The van der Waals surface area contributed by atoms with Crippen LogP contribution in [0.4, 0.5) is 22.0 Å². The van der Waals surface area contributed by atoms with E-state index >= 15 is 0 Å². The Kier molecular flexibility index (Phi) is 4.82. The second-order valence-electron chi connectivity index (χ2n) is 4.33. The Hall–Kier alpha value is -1.22. The van der Waals surface area contributed by atoms with Crippen LogP contribution in [0.1, 0.15) is 10.4 Å². The van der Waals surface area contributed by atoms with Gasteiger partial charge in [-0.15, -0.1) is 0 Å². The molecule has 9 heteroatoms. The molecule has 116 valence electrons. The Labute approximate surface area is 124 Å². The molecular formula is C12H9BrF5NO2. The number of alkyl halides is 1. The van der Waals surface area contributed by atoms with Gasteiger partial charge < -0.3 is 9.64 Å². The van der Waals surface area contributed by atoms with E-state index < -0.39 is 46.6 Å². The maximum Gasteiger partial charge on any atom is 0.260 e. The molecule has 3 nitrogen and oxygen atoms in total. The van der Waals surface area contributed by atoms with Gasteiger partial charge in [0.05, 0.1) is 19.3 Å². The molecule has 1 amide bonds. The van der Waals surface area contributed by atoms with Crippen molar-refractivity contribution < 1.29 is 31.5 Å². The average molecular weight is 374 g/mol. The Morgan fingerprint density at radius 1 is 1.10 bits per heavy atom. The number of hydrogen-bond acceptors (Lipinski definition) is 2. The molecule has 1 unspecified atom stereocenters. The number of benzene rings is 1. The second kappa shape index (κ2) is 6.27. The van der Waals surface area contributed by atoms with Crippen molar-refractivity contribution in [3.05, 3.63) is 34.6 Å². The maximum atomic E-state index is 13.6. The zero-order chi connectivity index (χ0) is 15.7. The molecule has 0 N–H and O–H groups in total. The smallest absolute Gasteiger partial charge is 0.260 e. The van der Waals surface area contributed by atoms with Crippen molar-refractivity contribution in [3.8, 4) is 0 Å². The molecule has 1 aliphatic rings. The van der Waals surface area contributed by atoms with Crippen molar-refractivity contribution in [3.63, 3.8) is 0 Å². The third-order valence-electron chi connectivity index (χ3n) is 3.09. The molecule has 0 radical (unpaired) electrons. The molecular weight excluding hydrogens is 365 g/mol. The first kappa shape index (κ1) is 16.2. The standard InChI is InChI=1S/C12H9BrF5NO2/c13-3-5-4-21-2-1-19(5)12(20)6-7(14)9(16)11(18)10(17)8(6)15/h5H,1-4H2. The number of ether oxygens (including phenoxy) is 1. The van der Waals surface area contributed by atoms with Crippen LogP contribution < -0.4 is 0 Å². The summed E-state index contributed by atoms with van der Waals surface area (Å²) in [4.78, 5) is 13.2. The minimum Gasteiger partial charge on any atom is -0.377 e. The molecule has 1 aromatic rings. The van der Waals surface area contributed by atoms with E-state index in [4.69, 9.17) is 4.74 Å². The molecule has 1 heterocycles. The van der Waals surface area contributed by atoms with Gasteiger partial charge in [0.25, 0.3) is 5.91 Å². The second-order valence-corrected chi connectivity index (χ2v) is 4.97. The van der Waals surface area contributed by atoms with Crippen molar-refractivity contribution in [2.75, 3.05) is 25.1 Å². The number of halogens is 6. The fourth-order valence-electron chi connectivity index (χ4n) is 1.99. The van der Waals surface area contributed by atoms with Crippen LogP contribution in [0.3, 0.4) is 0 Å². The lowest BCUT2D eigenvalue weighted by molar-refractivity contribution is 0.00459. The van der Waals surface area contributed by atoms with Gasteiger partial charge in [0.15, 0.2) is 23.3 Å². The van der Waals surface area contributed by atoms with Gasteiger partial charge in [0.2, 0.25) is 5.82 Å². The predicted molar refractivity (Wildman–Crippen MR) is 65.7 cm³/mol. The number of carbonyl (C=O) groups excluding carboxylic acids is 1. The van der Waals surface area contributed by atoms with Crippen molar-refractivity contribution in [2.24, 2.45) is 0 Å². The first-order chi connectivity index (χ1) is 9.90. The molecule has 0 saturated carbocycles. The summed E-state index contributed by atoms with van der Waals surface area (Å²) in [6.07, 6.45) is 0. The van der Waals surface area contributed by atoms with E-state index in [0.717, 1.165) is 4.90 Å². The van der Waals surface area contributed by atoms with Gasteiger partial charge in [-0.25, -0.2) is 22.0 Å². The van der Waals surface area contributed by atoms with Gasteiger partial charge in [0, 0.05) is 11.9 Å². The first-order valence-electron chi connectivity index (χ1n) is 5.86. The quantitative estimate of drug-likeness (QED) is 0.345. The molecule has 1 aromatic carbocycles. The van der Waals surface area contributed by atoms with Crippen molar-refractivity contribution in [1.82, 2.24) is 4.90 Å². The lowest BCUT2D eigenvalue weighted by atomic mass is 10.1. The van der Waals surface area contributed by atoms with Crippen molar-refractivity contribution >= 4 is 21.8 Å². The number of morpholine rings is 1. The Morgan fingerprint density at radius 2 is 1.62 bits per heavy atom. The van der Waals surface area contributed by atoms with E-state index in [-0.39, 0.29) is 25.1 Å². The Balaban J connectivity index is 2.48. The van der Waals surface area contributed by atoms with Gasteiger partial charge >= 0.3 is 0 Å². The summed E-state index contributed by atoms with van der Waals surface area (Å²) < 4.78 is 71.6. The minimum absolute atomic E-state index is 0.00536. The van der Waals surface area contributed by atoms with E-state index in [2.05, 4.69) is 15.9 Å². The summed E-state index contributed by atoms with van der Waals surface area (Å²) in [5.74, 6) is -12.1. The van der Waals surface area contributed by atoms with Crippen LogP contribution in [0, 0.1) is 29.1 Å². The van der Waals surface area contributed by atoms with Gasteiger partial charge in [-0.1, -0.05) is 15.9 Å². The van der Waals surface area contributed by atoms with Gasteiger partial charge in [0.1, 0.15) is 5.56 Å². The van der Waals surface area contributed by atoms with Crippen LogP contribution in [-0.4, -0.2) is 41.9 Å². The monoisotopic (exact) mass is 373 g/mol. The van der Waals surface area contributed by atoms with Crippen LogP contribution in [0.15, 0.2) is 0 Å². The summed E-state index contributed by atoms with van der Waals surface area (Å²) in [6.45, 7) is 0.214. The van der Waals surface area contributed by atoms with Crippen LogP contribution >= 0.6 is 15.9 Å². The average Bonchev–Trinajstić information content (AvgIpc) is 2.51. The van der Waals surface area contributed by atoms with Crippen LogP contribution in [-0.2, 0) is 4.74 Å². The molecule has 21 heavy (non-hydrogen) atoms. The molecule has 0 spiro atoms. The normalized spacial score (nSPS) is 19.0. The highest BCUT2D eigenvalue weighted by Gasteiger charge is 2.35. The number of hydrogen-bond donors (Lipinski definition) is 0. The molecule has 1 saturated heterocycles. The lowest BCUT2D eigenvalue weighted by Gasteiger charge is -2.34. The fourth-order valence-corrected chi connectivity index (χ4v) is 2.52. The molecule has 2 rings (SSSR count). The minimum atomic E-state index is -2.29.